The molecule has 3 heteroatoms. The summed E-state index contributed by atoms with van der Waals surface area (Å²) in [7, 11) is 0. The summed E-state index contributed by atoms with van der Waals surface area (Å²) in [6.45, 7) is 3.74. The van der Waals surface area contributed by atoms with Gasteiger partial charge in [0.05, 0.1) is 0 Å². The third-order valence-corrected chi connectivity index (χ3v) is 4.08. The van der Waals surface area contributed by atoms with Gasteiger partial charge >= 0.3 is 0 Å². The minimum absolute atomic E-state index is 0.162. The number of nitrogens with zero attached hydrogens (tertiary/aromatic N) is 1. The Hall–Kier alpha value is -1.87. The average Bonchev–Trinajstić information content (AvgIpc) is 3.25. The zero-order chi connectivity index (χ0) is 14.8. The topological polar surface area (TPSA) is 29.3 Å². The Bertz CT molecular complexity index is 635. The fourth-order valence-electron chi connectivity index (χ4n) is 2.74. The molecule has 0 spiro atoms. The summed E-state index contributed by atoms with van der Waals surface area (Å²) in [4.78, 5) is 2.47. The number of hydrogen-bond donors (Lipinski definition) is 1. The molecule has 0 heterocycles. The Labute approximate surface area is 125 Å². The Morgan fingerprint density at radius 2 is 1.95 bits per heavy atom. The molecule has 1 aliphatic carbocycles. The van der Waals surface area contributed by atoms with Crippen molar-refractivity contribution in [3.63, 3.8) is 0 Å². The molecule has 1 aliphatic rings. The van der Waals surface area contributed by atoms with E-state index in [1.165, 1.54) is 24.0 Å². The highest BCUT2D eigenvalue weighted by atomic mass is 19.1. The van der Waals surface area contributed by atoms with Crippen LogP contribution in [0.25, 0.3) is 0 Å². The molecule has 2 nitrogen and oxygen atoms in total. The van der Waals surface area contributed by atoms with Crippen LogP contribution >= 0.6 is 0 Å². The molecule has 0 bridgehead atoms. The van der Waals surface area contributed by atoms with E-state index in [1.54, 1.807) is 12.1 Å². The van der Waals surface area contributed by atoms with Crippen molar-refractivity contribution in [3.05, 3.63) is 65.0 Å². The molecule has 3 rings (SSSR count). The first kappa shape index (κ1) is 14.1. The quantitative estimate of drug-likeness (QED) is 0.844. The lowest BCUT2D eigenvalue weighted by molar-refractivity contribution is 0.245. The number of halogens is 1. The van der Waals surface area contributed by atoms with Crippen molar-refractivity contribution in [3.8, 4) is 0 Å². The zero-order valence-electron chi connectivity index (χ0n) is 12.3. The maximum atomic E-state index is 13.2. The van der Waals surface area contributed by atoms with E-state index in [2.05, 4.69) is 11.0 Å². The molecule has 0 atom stereocenters. The highest BCUT2D eigenvalue weighted by Gasteiger charge is 2.29. The molecule has 21 heavy (non-hydrogen) atoms. The molecular formula is C18H21FN2. The monoisotopic (exact) mass is 284 g/mol. The van der Waals surface area contributed by atoms with Gasteiger partial charge in [0.25, 0.3) is 0 Å². The smallest absolute Gasteiger partial charge is 0.123 e. The summed E-state index contributed by atoms with van der Waals surface area (Å²) in [5, 5.41) is 0. The molecule has 2 N–H and O–H groups in total. The molecular weight excluding hydrogens is 263 g/mol. The maximum Gasteiger partial charge on any atom is 0.123 e. The van der Waals surface area contributed by atoms with Crippen molar-refractivity contribution in [1.29, 1.82) is 0 Å². The normalized spacial score (nSPS) is 14.6. The lowest BCUT2D eigenvalue weighted by Crippen LogP contribution is -2.25. The van der Waals surface area contributed by atoms with Crippen LogP contribution in [-0.2, 0) is 13.1 Å². The Morgan fingerprint density at radius 1 is 1.14 bits per heavy atom. The van der Waals surface area contributed by atoms with Gasteiger partial charge in [-0.05, 0) is 60.7 Å². The van der Waals surface area contributed by atoms with Gasteiger partial charge in [0.15, 0.2) is 0 Å². The van der Waals surface area contributed by atoms with E-state index in [0.717, 1.165) is 24.3 Å². The summed E-state index contributed by atoms with van der Waals surface area (Å²) in [5.41, 5.74) is 10.1. The number of hydrogen-bond acceptors (Lipinski definition) is 2. The van der Waals surface area contributed by atoms with E-state index < -0.39 is 0 Å². The molecule has 1 saturated carbocycles. The maximum absolute atomic E-state index is 13.2. The first-order chi connectivity index (χ1) is 10.1. The zero-order valence-corrected chi connectivity index (χ0v) is 12.3. The van der Waals surface area contributed by atoms with Crippen molar-refractivity contribution >= 4 is 5.69 Å². The lowest BCUT2D eigenvalue weighted by atomic mass is 10.1. The van der Waals surface area contributed by atoms with Crippen LogP contribution in [0.1, 0.15) is 29.5 Å². The Balaban J connectivity index is 1.76. The predicted octanol–water partition coefficient (Wildman–Crippen LogP) is 3.88. The first-order valence-electron chi connectivity index (χ1n) is 7.45. The molecule has 2 aromatic carbocycles. The highest BCUT2D eigenvalue weighted by molar-refractivity contribution is 5.40. The molecule has 0 amide bonds. The van der Waals surface area contributed by atoms with Crippen LogP contribution in [0, 0.1) is 12.7 Å². The SMILES string of the molecule is Cc1cc(F)ccc1CN(Cc1cccc(N)c1)C1CC1. The van der Waals surface area contributed by atoms with Gasteiger partial charge < -0.3 is 5.73 Å². The number of aryl methyl sites for hydroxylation is 1. The number of anilines is 1. The van der Waals surface area contributed by atoms with Gasteiger partial charge in [0, 0.05) is 24.8 Å². The molecule has 0 aromatic heterocycles. The minimum Gasteiger partial charge on any atom is -0.399 e. The fraction of sp³-hybridized carbons (Fsp3) is 0.333. The number of benzene rings is 2. The summed E-state index contributed by atoms with van der Waals surface area (Å²) < 4.78 is 13.2. The van der Waals surface area contributed by atoms with Gasteiger partial charge in [0.1, 0.15) is 5.82 Å². The summed E-state index contributed by atoms with van der Waals surface area (Å²) in [6.07, 6.45) is 2.51. The van der Waals surface area contributed by atoms with Gasteiger partial charge in [-0.2, -0.15) is 0 Å². The second kappa shape index (κ2) is 5.86. The molecule has 110 valence electrons. The second-order valence-electron chi connectivity index (χ2n) is 5.95. The van der Waals surface area contributed by atoms with Crippen molar-refractivity contribution in [2.45, 2.75) is 38.9 Å². The summed E-state index contributed by atoms with van der Waals surface area (Å²) in [6, 6.07) is 13.8. The first-order valence-corrected chi connectivity index (χ1v) is 7.45. The van der Waals surface area contributed by atoms with Crippen LogP contribution in [0.2, 0.25) is 0 Å². The third kappa shape index (κ3) is 3.61. The Morgan fingerprint density at radius 3 is 2.62 bits per heavy atom. The van der Waals surface area contributed by atoms with Crippen molar-refractivity contribution in [1.82, 2.24) is 4.90 Å². The lowest BCUT2D eigenvalue weighted by Gasteiger charge is -2.23. The van der Waals surface area contributed by atoms with E-state index in [-0.39, 0.29) is 5.82 Å². The third-order valence-electron chi connectivity index (χ3n) is 4.08. The van der Waals surface area contributed by atoms with Crippen molar-refractivity contribution in [2.75, 3.05) is 5.73 Å². The standard InChI is InChI=1S/C18H21FN2/c1-13-9-16(19)6-5-15(13)12-21(18-7-8-18)11-14-3-2-4-17(20)10-14/h2-6,9-10,18H,7-8,11-12,20H2,1H3. The van der Waals surface area contributed by atoms with Crippen LogP contribution < -0.4 is 5.73 Å². The van der Waals surface area contributed by atoms with Crippen LogP contribution in [0.4, 0.5) is 10.1 Å². The average molecular weight is 284 g/mol. The fourth-order valence-corrected chi connectivity index (χ4v) is 2.74. The molecule has 2 aromatic rings. The van der Waals surface area contributed by atoms with E-state index in [0.29, 0.717) is 6.04 Å². The van der Waals surface area contributed by atoms with Crippen LogP contribution in [0.15, 0.2) is 42.5 Å². The molecule has 1 fully saturated rings. The van der Waals surface area contributed by atoms with Gasteiger partial charge in [-0.3, -0.25) is 4.90 Å². The highest BCUT2D eigenvalue weighted by Crippen LogP contribution is 2.30. The molecule has 0 aliphatic heterocycles. The molecule has 0 radical (unpaired) electrons. The molecule has 0 unspecified atom stereocenters. The summed E-state index contributed by atoms with van der Waals surface area (Å²) in [5.74, 6) is -0.162. The van der Waals surface area contributed by atoms with E-state index in [9.17, 15) is 4.39 Å². The number of nitrogens with two attached hydrogens (primary N) is 1. The van der Waals surface area contributed by atoms with E-state index in [1.807, 2.05) is 31.2 Å². The van der Waals surface area contributed by atoms with Crippen LogP contribution in [0.5, 0.6) is 0 Å². The van der Waals surface area contributed by atoms with Gasteiger partial charge in [0.2, 0.25) is 0 Å². The van der Waals surface area contributed by atoms with Gasteiger partial charge in [-0.1, -0.05) is 18.2 Å². The molecule has 0 saturated heterocycles. The van der Waals surface area contributed by atoms with Gasteiger partial charge in [-0.25, -0.2) is 4.39 Å². The number of rotatable bonds is 5. The van der Waals surface area contributed by atoms with Crippen LogP contribution in [-0.4, -0.2) is 10.9 Å². The summed E-state index contributed by atoms with van der Waals surface area (Å²) >= 11 is 0. The largest absolute Gasteiger partial charge is 0.399 e. The van der Waals surface area contributed by atoms with E-state index in [4.69, 9.17) is 5.73 Å². The van der Waals surface area contributed by atoms with Crippen LogP contribution in [0.3, 0.4) is 0 Å². The van der Waals surface area contributed by atoms with Crippen molar-refractivity contribution < 1.29 is 4.39 Å². The van der Waals surface area contributed by atoms with Crippen molar-refractivity contribution in [2.24, 2.45) is 0 Å². The second-order valence-corrected chi connectivity index (χ2v) is 5.95. The number of nitrogen functional groups attached to an aromatic ring is 1. The van der Waals surface area contributed by atoms with E-state index >= 15 is 0 Å². The minimum atomic E-state index is -0.162. The predicted molar refractivity (Wildman–Crippen MR) is 84.3 cm³/mol. The van der Waals surface area contributed by atoms with Gasteiger partial charge in [-0.15, -0.1) is 0 Å². The Kier molecular flexibility index (Phi) is 3.93.